The summed E-state index contributed by atoms with van der Waals surface area (Å²) in [5.41, 5.74) is 1.62. The molecule has 5 heteroatoms. The van der Waals surface area contributed by atoms with E-state index in [9.17, 15) is 4.79 Å². The largest absolute Gasteiger partial charge is 0.488 e. The molecule has 1 amide bonds. The zero-order valence-electron chi connectivity index (χ0n) is 10.2. The number of benzene rings is 1. The van der Waals surface area contributed by atoms with E-state index in [2.05, 4.69) is 5.32 Å². The smallest absolute Gasteiger partial charge is 0.261 e. The quantitative estimate of drug-likeness (QED) is 0.665. The molecule has 0 aliphatic carbocycles. The third-order valence-corrected chi connectivity index (χ3v) is 2.86. The predicted octanol–water partition coefficient (Wildman–Crippen LogP) is 2.31. The second-order valence-electron chi connectivity index (χ2n) is 3.94. The molecule has 2 rings (SSSR count). The summed E-state index contributed by atoms with van der Waals surface area (Å²) in [7, 11) is 1.48. The van der Waals surface area contributed by atoms with E-state index in [1.807, 2.05) is 12.1 Å². The van der Waals surface area contributed by atoms with E-state index in [-0.39, 0.29) is 5.57 Å². The van der Waals surface area contributed by atoms with Crippen molar-refractivity contribution in [3.63, 3.8) is 0 Å². The van der Waals surface area contributed by atoms with Crippen LogP contribution in [-0.2, 0) is 4.79 Å². The molecule has 0 atom stereocenters. The molecule has 1 aliphatic rings. The first-order chi connectivity index (χ1) is 9.13. The van der Waals surface area contributed by atoms with E-state index in [4.69, 9.17) is 21.6 Å². The van der Waals surface area contributed by atoms with Gasteiger partial charge < -0.3 is 10.1 Å². The Balaban J connectivity index is 2.36. The minimum absolute atomic E-state index is 0.0443. The van der Waals surface area contributed by atoms with Crippen molar-refractivity contribution in [1.29, 1.82) is 5.26 Å². The Kier molecular flexibility index (Phi) is 3.88. The molecule has 1 heterocycles. The van der Waals surface area contributed by atoms with Crippen molar-refractivity contribution in [2.45, 2.75) is 0 Å². The van der Waals surface area contributed by atoms with Crippen molar-refractivity contribution in [2.75, 3.05) is 13.7 Å². The molecule has 0 bridgehead atoms. The molecule has 0 saturated heterocycles. The van der Waals surface area contributed by atoms with Gasteiger partial charge in [-0.15, -0.1) is 0 Å². The Labute approximate surface area is 115 Å². The number of likely N-dealkylation sites (N-methyl/N-ethyl adjacent to an activating group) is 1. The van der Waals surface area contributed by atoms with Crippen LogP contribution < -0.4 is 10.1 Å². The number of hydrogen-bond donors (Lipinski definition) is 1. The third-order valence-electron chi connectivity index (χ3n) is 2.63. The molecule has 0 radical (unpaired) electrons. The summed E-state index contributed by atoms with van der Waals surface area (Å²) in [5, 5.41) is 12.0. The lowest BCUT2D eigenvalue weighted by molar-refractivity contribution is -0.116. The summed E-state index contributed by atoms with van der Waals surface area (Å²) in [6, 6.07) is 7.18. The highest BCUT2D eigenvalue weighted by Gasteiger charge is 2.13. The molecule has 0 fully saturated rings. The minimum atomic E-state index is -0.416. The summed E-state index contributed by atoms with van der Waals surface area (Å²) < 4.78 is 5.54. The first-order valence-electron chi connectivity index (χ1n) is 5.61. The number of nitrogens with zero attached hydrogens (tertiary/aromatic N) is 1. The lowest BCUT2D eigenvalue weighted by atomic mass is 10.1. The first kappa shape index (κ1) is 13.2. The normalized spacial score (nSPS) is 13.7. The van der Waals surface area contributed by atoms with E-state index in [1.54, 1.807) is 18.2 Å². The highest BCUT2D eigenvalue weighted by Crippen LogP contribution is 2.29. The highest BCUT2D eigenvalue weighted by molar-refractivity contribution is 6.30. The first-order valence-corrected chi connectivity index (χ1v) is 5.98. The van der Waals surface area contributed by atoms with Crippen molar-refractivity contribution in [3.05, 3.63) is 46.0 Å². The van der Waals surface area contributed by atoms with Crippen LogP contribution in [0.5, 0.6) is 5.75 Å². The number of ether oxygens (including phenoxy) is 1. The standard InChI is InChI=1S/C14H11ClN2O2/c1-17-14(18)11(7-16)5-9-4-10-6-12(15)2-3-13(10)19-8-9/h2-6H,8H2,1H3,(H,17,18)/b11-5-. The fourth-order valence-corrected chi connectivity index (χ4v) is 1.90. The Bertz CT molecular complexity index is 627. The lowest BCUT2D eigenvalue weighted by Gasteiger charge is -2.16. The maximum atomic E-state index is 11.4. The number of carbonyl (C=O) groups excluding carboxylic acids is 1. The van der Waals surface area contributed by atoms with Gasteiger partial charge in [0.25, 0.3) is 5.91 Å². The average molecular weight is 275 g/mol. The van der Waals surface area contributed by atoms with Gasteiger partial charge in [-0.25, -0.2) is 0 Å². The van der Waals surface area contributed by atoms with Crippen LogP contribution in [0.15, 0.2) is 35.4 Å². The molecule has 0 saturated carbocycles. The van der Waals surface area contributed by atoms with Crippen molar-refractivity contribution in [3.8, 4) is 11.8 Å². The van der Waals surface area contributed by atoms with E-state index >= 15 is 0 Å². The number of carbonyl (C=O) groups is 1. The molecule has 0 aromatic heterocycles. The molecule has 1 N–H and O–H groups in total. The molecule has 1 aliphatic heterocycles. The van der Waals surface area contributed by atoms with Crippen molar-refractivity contribution >= 4 is 23.6 Å². The number of fused-ring (bicyclic) bond motifs is 1. The van der Waals surface area contributed by atoms with Gasteiger partial charge >= 0.3 is 0 Å². The van der Waals surface area contributed by atoms with Gasteiger partial charge in [-0.3, -0.25) is 4.79 Å². The Hall–Kier alpha value is -2.25. The number of nitrogens with one attached hydrogen (secondary N) is 1. The zero-order chi connectivity index (χ0) is 13.8. The summed E-state index contributed by atoms with van der Waals surface area (Å²) in [5.74, 6) is 0.320. The maximum Gasteiger partial charge on any atom is 0.261 e. The number of rotatable bonds is 2. The third kappa shape index (κ3) is 2.95. The van der Waals surface area contributed by atoms with Crippen LogP contribution in [0.25, 0.3) is 6.08 Å². The van der Waals surface area contributed by atoms with Gasteiger partial charge in [-0.2, -0.15) is 5.26 Å². The number of amides is 1. The number of hydrogen-bond acceptors (Lipinski definition) is 3. The molecular formula is C14H11ClN2O2. The van der Waals surface area contributed by atoms with Crippen LogP contribution >= 0.6 is 11.6 Å². The summed E-state index contributed by atoms with van der Waals surface area (Å²) >= 11 is 5.91. The molecular weight excluding hydrogens is 264 g/mol. The molecule has 1 aromatic carbocycles. The monoisotopic (exact) mass is 274 g/mol. The van der Waals surface area contributed by atoms with Gasteiger partial charge in [-0.1, -0.05) is 11.6 Å². The fourth-order valence-electron chi connectivity index (χ4n) is 1.72. The van der Waals surface area contributed by atoms with Gasteiger partial charge in [0, 0.05) is 17.6 Å². The molecule has 1 aromatic rings. The van der Waals surface area contributed by atoms with Gasteiger partial charge in [0.2, 0.25) is 0 Å². The van der Waals surface area contributed by atoms with Crippen molar-refractivity contribution in [1.82, 2.24) is 5.32 Å². The average Bonchev–Trinajstić information content (AvgIpc) is 2.43. The van der Waals surface area contributed by atoms with Gasteiger partial charge in [0.05, 0.1) is 0 Å². The van der Waals surface area contributed by atoms with Crippen LogP contribution in [-0.4, -0.2) is 19.6 Å². The van der Waals surface area contributed by atoms with Crippen LogP contribution in [0.1, 0.15) is 5.56 Å². The number of nitriles is 1. The molecule has 19 heavy (non-hydrogen) atoms. The summed E-state index contributed by atoms with van der Waals surface area (Å²) in [4.78, 5) is 11.4. The van der Waals surface area contributed by atoms with E-state index in [0.717, 1.165) is 16.9 Å². The summed E-state index contributed by atoms with van der Waals surface area (Å²) in [6.45, 7) is 0.316. The predicted molar refractivity (Wildman–Crippen MR) is 72.7 cm³/mol. The van der Waals surface area contributed by atoms with Crippen LogP contribution in [0.2, 0.25) is 5.02 Å². The van der Waals surface area contributed by atoms with E-state index in [0.29, 0.717) is 11.6 Å². The minimum Gasteiger partial charge on any atom is -0.488 e. The van der Waals surface area contributed by atoms with Gasteiger partial charge in [0.1, 0.15) is 24.0 Å². The SMILES string of the molecule is CNC(=O)/C(C#N)=C\C1=Cc2cc(Cl)ccc2OC1. The fraction of sp³-hybridized carbons (Fsp3) is 0.143. The van der Waals surface area contributed by atoms with E-state index in [1.165, 1.54) is 13.1 Å². The molecule has 0 unspecified atom stereocenters. The van der Waals surface area contributed by atoms with Crippen LogP contribution in [0.3, 0.4) is 0 Å². The zero-order valence-corrected chi connectivity index (χ0v) is 11.0. The van der Waals surface area contributed by atoms with Crippen LogP contribution in [0, 0.1) is 11.3 Å². The number of halogens is 1. The summed E-state index contributed by atoms with van der Waals surface area (Å²) in [6.07, 6.45) is 3.37. The Morgan fingerprint density at radius 2 is 2.37 bits per heavy atom. The highest BCUT2D eigenvalue weighted by atomic mass is 35.5. The van der Waals surface area contributed by atoms with Crippen LogP contribution in [0.4, 0.5) is 0 Å². The van der Waals surface area contributed by atoms with E-state index < -0.39 is 5.91 Å². The van der Waals surface area contributed by atoms with Gasteiger partial charge in [0.15, 0.2) is 0 Å². The molecule has 4 nitrogen and oxygen atoms in total. The van der Waals surface area contributed by atoms with Crippen molar-refractivity contribution in [2.24, 2.45) is 0 Å². The maximum absolute atomic E-state index is 11.4. The molecule has 96 valence electrons. The lowest BCUT2D eigenvalue weighted by Crippen LogP contribution is -2.19. The second kappa shape index (κ2) is 5.59. The second-order valence-corrected chi connectivity index (χ2v) is 4.38. The van der Waals surface area contributed by atoms with Crippen molar-refractivity contribution < 1.29 is 9.53 Å². The topological polar surface area (TPSA) is 62.1 Å². The molecule has 0 spiro atoms. The van der Waals surface area contributed by atoms with Gasteiger partial charge in [-0.05, 0) is 35.9 Å². The Morgan fingerprint density at radius 3 is 3.05 bits per heavy atom. The Morgan fingerprint density at radius 1 is 1.58 bits per heavy atom.